The second-order valence-electron chi connectivity index (χ2n) is 6.90. The van der Waals surface area contributed by atoms with Crippen molar-refractivity contribution in [2.24, 2.45) is 11.8 Å². The largest absolute Gasteiger partial charge is 0.369 e. The smallest absolute Gasteiger partial charge is 0.0678 e. The van der Waals surface area contributed by atoms with E-state index >= 15 is 0 Å². The summed E-state index contributed by atoms with van der Waals surface area (Å²) in [5, 5.41) is 0. The lowest BCUT2D eigenvalue weighted by molar-refractivity contribution is -0.0779. The fourth-order valence-electron chi connectivity index (χ4n) is 3.42. The lowest BCUT2D eigenvalue weighted by atomic mass is 9.80. The van der Waals surface area contributed by atoms with Gasteiger partial charge < -0.3 is 4.74 Å². The van der Waals surface area contributed by atoms with E-state index in [1.54, 1.807) is 0 Å². The van der Waals surface area contributed by atoms with Crippen molar-refractivity contribution >= 4 is 0 Å². The minimum atomic E-state index is -0.0781. The molecular formula is C15H32N2O. The molecule has 0 aliphatic carbocycles. The molecule has 0 amide bonds. The van der Waals surface area contributed by atoms with E-state index < -0.39 is 0 Å². The van der Waals surface area contributed by atoms with E-state index in [4.69, 9.17) is 10.6 Å². The number of hydrogen-bond acceptors (Lipinski definition) is 3. The van der Waals surface area contributed by atoms with Gasteiger partial charge in [-0.3, -0.25) is 11.3 Å². The molecule has 0 aromatic heterocycles. The third-order valence-corrected chi connectivity index (χ3v) is 4.21. The molecule has 3 heteroatoms. The van der Waals surface area contributed by atoms with Gasteiger partial charge in [0.25, 0.3) is 0 Å². The topological polar surface area (TPSA) is 47.3 Å². The Morgan fingerprint density at radius 2 is 1.89 bits per heavy atom. The van der Waals surface area contributed by atoms with E-state index in [1.165, 1.54) is 25.7 Å². The van der Waals surface area contributed by atoms with E-state index in [-0.39, 0.29) is 11.2 Å². The standard InChI is InChI=1S/C15H32N2O/c1-6-7-8-9-10-13(17-16)12-11-14(2,3)18-15(12,4)5/h12-13,17H,6-11,16H2,1-5H3. The summed E-state index contributed by atoms with van der Waals surface area (Å²) in [6.45, 7) is 11.0. The maximum absolute atomic E-state index is 6.16. The zero-order chi connectivity index (χ0) is 13.8. The van der Waals surface area contributed by atoms with E-state index in [0.29, 0.717) is 12.0 Å². The predicted octanol–water partition coefficient (Wildman–Crippen LogP) is 3.38. The molecule has 0 radical (unpaired) electrons. The van der Waals surface area contributed by atoms with Gasteiger partial charge in [0.05, 0.1) is 11.2 Å². The van der Waals surface area contributed by atoms with Crippen LogP contribution in [0.2, 0.25) is 0 Å². The molecule has 1 aliphatic heterocycles. The minimum absolute atomic E-state index is 0.0211. The Bertz CT molecular complexity index is 251. The quantitative estimate of drug-likeness (QED) is 0.417. The summed E-state index contributed by atoms with van der Waals surface area (Å²) in [6.07, 6.45) is 7.42. The second-order valence-corrected chi connectivity index (χ2v) is 6.90. The van der Waals surface area contributed by atoms with E-state index in [9.17, 15) is 0 Å². The molecule has 1 heterocycles. The SMILES string of the molecule is CCCCCCC(NN)C1CC(C)(C)OC1(C)C. The first-order chi connectivity index (χ1) is 8.32. The highest BCUT2D eigenvalue weighted by molar-refractivity contribution is 4.98. The molecule has 1 rings (SSSR count). The van der Waals surface area contributed by atoms with Crippen LogP contribution in [0.15, 0.2) is 0 Å². The van der Waals surface area contributed by atoms with Crippen LogP contribution in [0.5, 0.6) is 0 Å². The molecule has 0 bridgehead atoms. The zero-order valence-corrected chi connectivity index (χ0v) is 12.9. The molecule has 0 aromatic carbocycles. The Balaban J connectivity index is 2.54. The van der Waals surface area contributed by atoms with Crippen molar-refractivity contribution in [1.29, 1.82) is 0 Å². The lowest BCUT2D eigenvalue weighted by Crippen LogP contribution is -2.47. The lowest BCUT2D eigenvalue weighted by Gasteiger charge is -2.32. The Hall–Kier alpha value is -0.120. The first-order valence-electron chi connectivity index (χ1n) is 7.48. The number of ether oxygens (including phenoxy) is 1. The van der Waals surface area contributed by atoms with Gasteiger partial charge in [0.2, 0.25) is 0 Å². The number of nitrogens with one attached hydrogen (secondary N) is 1. The zero-order valence-electron chi connectivity index (χ0n) is 12.9. The predicted molar refractivity (Wildman–Crippen MR) is 77.2 cm³/mol. The minimum Gasteiger partial charge on any atom is -0.369 e. The molecular weight excluding hydrogens is 224 g/mol. The molecule has 0 aromatic rings. The molecule has 3 nitrogen and oxygen atoms in total. The summed E-state index contributed by atoms with van der Waals surface area (Å²) >= 11 is 0. The van der Waals surface area contributed by atoms with Crippen LogP contribution in [0, 0.1) is 5.92 Å². The molecule has 1 saturated heterocycles. The van der Waals surface area contributed by atoms with Crippen molar-refractivity contribution in [2.75, 3.05) is 0 Å². The molecule has 2 atom stereocenters. The van der Waals surface area contributed by atoms with Crippen molar-refractivity contribution in [2.45, 2.75) is 90.4 Å². The molecule has 1 aliphatic rings. The van der Waals surface area contributed by atoms with Crippen molar-refractivity contribution in [3.8, 4) is 0 Å². The third kappa shape index (κ3) is 4.22. The molecule has 0 spiro atoms. The highest BCUT2D eigenvalue weighted by Crippen LogP contribution is 2.44. The first kappa shape index (κ1) is 15.9. The second kappa shape index (κ2) is 6.36. The number of hydrogen-bond donors (Lipinski definition) is 2. The molecule has 2 unspecified atom stereocenters. The van der Waals surface area contributed by atoms with Crippen molar-refractivity contribution < 1.29 is 4.74 Å². The number of unbranched alkanes of at least 4 members (excludes halogenated alkanes) is 3. The molecule has 1 fully saturated rings. The van der Waals surface area contributed by atoms with Crippen LogP contribution >= 0.6 is 0 Å². The maximum Gasteiger partial charge on any atom is 0.0678 e. The van der Waals surface area contributed by atoms with Crippen molar-refractivity contribution in [3.05, 3.63) is 0 Å². The van der Waals surface area contributed by atoms with Crippen molar-refractivity contribution in [3.63, 3.8) is 0 Å². The Morgan fingerprint density at radius 1 is 1.22 bits per heavy atom. The molecule has 3 N–H and O–H groups in total. The summed E-state index contributed by atoms with van der Waals surface area (Å²) in [4.78, 5) is 0. The Kier molecular flexibility index (Phi) is 5.63. The summed E-state index contributed by atoms with van der Waals surface area (Å²) in [7, 11) is 0. The molecule has 0 saturated carbocycles. The van der Waals surface area contributed by atoms with Crippen LogP contribution in [0.3, 0.4) is 0 Å². The average molecular weight is 256 g/mol. The van der Waals surface area contributed by atoms with Crippen LogP contribution in [0.4, 0.5) is 0 Å². The van der Waals surface area contributed by atoms with Gasteiger partial charge in [-0.15, -0.1) is 0 Å². The number of hydrazine groups is 1. The van der Waals surface area contributed by atoms with E-state index in [0.717, 1.165) is 12.8 Å². The van der Waals surface area contributed by atoms with Gasteiger partial charge >= 0.3 is 0 Å². The Morgan fingerprint density at radius 3 is 2.33 bits per heavy atom. The van der Waals surface area contributed by atoms with Crippen LogP contribution in [-0.2, 0) is 4.74 Å². The fraction of sp³-hybridized carbons (Fsp3) is 1.00. The van der Waals surface area contributed by atoms with Gasteiger partial charge in [-0.1, -0.05) is 32.6 Å². The van der Waals surface area contributed by atoms with Gasteiger partial charge in [0, 0.05) is 12.0 Å². The van der Waals surface area contributed by atoms with Gasteiger partial charge in [0.1, 0.15) is 0 Å². The molecule has 18 heavy (non-hydrogen) atoms. The average Bonchev–Trinajstić information content (AvgIpc) is 2.47. The third-order valence-electron chi connectivity index (χ3n) is 4.21. The first-order valence-corrected chi connectivity index (χ1v) is 7.48. The fourth-order valence-corrected chi connectivity index (χ4v) is 3.42. The molecule has 108 valence electrons. The van der Waals surface area contributed by atoms with Crippen molar-refractivity contribution in [1.82, 2.24) is 5.43 Å². The highest BCUT2D eigenvalue weighted by atomic mass is 16.5. The van der Waals surface area contributed by atoms with Crippen LogP contribution in [0.1, 0.15) is 73.1 Å². The number of nitrogens with two attached hydrogens (primary N) is 1. The van der Waals surface area contributed by atoms with Crippen LogP contribution < -0.4 is 11.3 Å². The summed E-state index contributed by atoms with van der Waals surface area (Å²) in [6, 6.07) is 0.374. The summed E-state index contributed by atoms with van der Waals surface area (Å²) < 4.78 is 6.16. The van der Waals surface area contributed by atoms with Gasteiger partial charge in [-0.25, -0.2) is 0 Å². The number of rotatable bonds is 7. The highest BCUT2D eigenvalue weighted by Gasteiger charge is 2.48. The van der Waals surface area contributed by atoms with Gasteiger partial charge in [-0.05, 0) is 40.5 Å². The Labute approximate surface area is 113 Å². The monoisotopic (exact) mass is 256 g/mol. The maximum atomic E-state index is 6.16. The summed E-state index contributed by atoms with van der Waals surface area (Å²) in [5.41, 5.74) is 2.94. The van der Waals surface area contributed by atoms with Crippen LogP contribution in [-0.4, -0.2) is 17.2 Å². The van der Waals surface area contributed by atoms with Crippen LogP contribution in [0.25, 0.3) is 0 Å². The normalized spacial score (nSPS) is 27.3. The van der Waals surface area contributed by atoms with Gasteiger partial charge in [0.15, 0.2) is 0 Å². The summed E-state index contributed by atoms with van der Waals surface area (Å²) in [5.74, 6) is 6.27. The van der Waals surface area contributed by atoms with E-state index in [2.05, 4.69) is 40.0 Å². The van der Waals surface area contributed by atoms with E-state index in [1.807, 2.05) is 0 Å². The van der Waals surface area contributed by atoms with Gasteiger partial charge in [-0.2, -0.15) is 0 Å².